The predicted octanol–water partition coefficient (Wildman–Crippen LogP) is 6.36. The van der Waals surface area contributed by atoms with E-state index in [1.165, 1.54) is 6.07 Å². The SMILES string of the molecule is Fc1ccc(CNc2cc(-c3cccc(Cl)c3Cl)nc3c(Br)cnn23)cc1F. The summed E-state index contributed by atoms with van der Waals surface area (Å²) in [5.41, 5.74) is 2.41. The number of nitrogens with one attached hydrogen (secondary N) is 1. The van der Waals surface area contributed by atoms with Crippen molar-refractivity contribution in [1.82, 2.24) is 14.6 Å². The third kappa shape index (κ3) is 3.57. The van der Waals surface area contributed by atoms with Gasteiger partial charge in [-0.05, 0) is 39.7 Å². The molecule has 0 aliphatic carbocycles. The molecule has 0 aliphatic rings. The molecule has 0 radical (unpaired) electrons. The van der Waals surface area contributed by atoms with Gasteiger partial charge in [-0.25, -0.2) is 13.8 Å². The van der Waals surface area contributed by atoms with Crippen LogP contribution in [0.15, 0.2) is 53.1 Å². The first-order valence-electron chi connectivity index (χ1n) is 8.10. The van der Waals surface area contributed by atoms with Crippen molar-refractivity contribution in [2.45, 2.75) is 6.54 Å². The molecule has 2 aromatic heterocycles. The molecule has 28 heavy (non-hydrogen) atoms. The highest BCUT2D eigenvalue weighted by Crippen LogP contribution is 2.34. The zero-order chi connectivity index (χ0) is 19.8. The third-order valence-electron chi connectivity index (χ3n) is 4.11. The molecule has 4 rings (SSSR count). The highest BCUT2D eigenvalue weighted by atomic mass is 79.9. The molecule has 1 N–H and O–H groups in total. The fourth-order valence-corrected chi connectivity index (χ4v) is 3.49. The second-order valence-corrected chi connectivity index (χ2v) is 7.60. The Hall–Kier alpha value is -2.22. The van der Waals surface area contributed by atoms with E-state index in [1.54, 1.807) is 28.9 Å². The summed E-state index contributed by atoms with van der Waals surface area (Å²) >= 11 is 15.9. The summed E-state index contributed by atoms with van der Waals surface area (Å²) in [6.07, 6.45) is 1.62. The number of halogens is 5. The summed E-state index contributed by atoms with van der Waals surface area (Å²) in [5, 5.41) is 8.28. The molecule has 0 spiro atoms. The topological polar surface area (TPSA) is 42.2 Å². The monoisotopic (exact) mass is 482 g/mol. The predicted molar refractivity (Wildman–Crippen MR) is 110 cm³/mol. The lowest BCUT2D eigenvalue weighted by Gasteiger charge is -2.12. The van der Waals surface area contributed by atoms with Crippen LogP contribution in [0.25, 0.3) is 16.9 Å². The van der Waals surface area contributed by atoms with E-state index in [0.29, 0.717) is 42.8 Å². The van der Waals surface area contributed by atoms with Crippen LogP contribution in [0.1, 0.15) is 5.56 Å². The lowest BCUT2D eigenvalue weighted by Crippen LogP contribution is -2.07. The number of nitrogens with zero attached hydrogens (tertiary/aromatic N) is 3. The van der Waals surface area contributed by atoms with Gasteiger partial charge in [0.25, 0.3) is 0 Å². The van der Waals surface area contributed by atoms with Crippen molar-refractivity contribution < 1.29 is 8.78 Å². The largest absolute Gasteiger partial charge is 0.366 e. The van der Waals surface area contributed by atoms with E-state index >= 15 is 0 Å². The molecule has 4 aromatic rings. The van der Waals surface area contributed by atoms with Crippen molar-refractivity contribution in [3.05, 3.63) is 80.4 Å². The van der Waals surface area contributed by atoms with Gasteiger partial charge in [0, 0.05) is 18.2 Å². The van der Waals surface area contributed by atoms with Gasteiger partial charge in [0.2, 0.25) is 0 Å². The summed E-state index contributed by atoms with van der Waals surface area (Å²) in [5.74, 6) is -1.18. The van der Waals surface area contributed by atoms with Crippen LogP contribution in [0, 0.1) is 11.6 Å². The molecule has 0 fully saturated rings. The highest BCUT2D eigenvalue weighted by Gasteiger charge is 2.15. The van der Waals surface area contributed by atoms with Gasteiger partial charge in [0.1, 0.15) is 5.82 Å². The van der Waals surface area contributed by atoms with Crippen molar-refractivity contribution in [2.24, 2.45) is 0 Å². The van der Waals surface area contributed by atoms with Crippen LogP contribution in [-0.2, 0) is 6.54 Å². The lowest BCUT2D eigenvalue weighted by molar-refractivity contribution is 0.507. The smallest absolute Gasteiger partial charge is 0.172 e. The first-order valence-corrected chi connectivity index (χ1v) is 9.65. The fourth-order valence-electron chi connectivity index (χ4n) is 2.74. The number of benzene rings is 2. The van der Waals surface area contributed by atoms with E-state index in [9.17, 15) is 8.78 Å². The van der Waals surface area contributed by atoms with Gasteiger partial charge < -0.3 is 5.32 Å². The van der Waals surface area contributed by atoms with Gasteiger partial charge in [-0.2, -0.15) is 9.61 Å². The number of rotatable bonds is 4. The second-order valence-electron chi connectivity index (χ2n) is 5.96. The van der Waals surface area contributed by atoms with Crippen LogP contribution >= 0.6 is 39.1 Å². The Labute approximate surface area is 177 Å². The molecule has 9 heteroatoms. The van der Waals surface area contributed by atoms with Crippen molar-refractivity contribution in [1.29, 1.82) is 0 Å². The normalized spacial score (nSPS) is 11.2. The van der Waals surface area contributed by atoms with E-state index in [2.05, 4.69) is 31.3 Å². The number of anilines is 1. The summed E-state index contributed by atoms with van der Waals surface area (Å²) in [6.45, 7) is 0.260. The molecule has 0 saturated heterocycles. The Bertz CT molecular complexity index is 1200. The van der Waals surface area contributed by atoms with Crippen molar-refractivity contribution in [2.75, 3.05) is 5.32 Å². The number of hydrogen-bond acceptors (Lipinski definition) is 3. The van der Waals surface area contributed by atoms with Crippen LogP contribution in [0.2, 0.25) is 10.0 Å². The van der Waals surface area contributed by atoms with E-state index in [1.807, 2.05) is 6.07 Å². The summed E-state index contributed by atoms with van der Waals surface area (Å²) in [4.78, 5) is 4.61. The Morgan fingerprint density at radius 2 is 1.89 bits per heavy atom. The van der Waals surface area contributed by atoms with E-state index < -0.39 is 11.6 Å². The maximum Gasteiger partial charge on any atom is 0.172 e. The van der Waals surface area contributed by atoms with Gasteiger partial charge in [0.05, 0.1) is 26.4 Å². The zero-order valence-corrected chi connectivity index (χ0v) is 17.2. The van der Waals surface area contributed by atoms with E-state index in [4.69, 9.17) is 23.2 Å². The first kappa shape index (κ1) is 19.1. The molecule has 0 unspecified atom stereocenters. The molecule has 2 aromatic carbocycles. The Morgan fingerprint density at radius 1 is 1.07 bits per heavy atom. The van der Waals surface area contributed by atoms with Gasteiger partial charge >= 0.3 is 0 Å². The van der Waals surface area contributed by atoms with Crippen LogP contribution in [0.5, 0.6) is 0 Å². The summed E-state index contributed by atoms with van der Waals surface area (Å²) in [7, 11) is 0. The Balaban J connectivity index is 1.76. The van der Waals surface area contributed by atoms with Crippen LogP contribution < -0.4 is 5.32 Å². The average molecular weight is 484 g/mol. The summed E-state index contributed by atoms with van der Waals surface area (Å²) < 4.78 is 28.9. The molecule has 2 heterocycles. The number of hydrogen-bond donors (Lipinski definition) is 1. The maximum absolute atomic E-state index is 13.5. The molecular formula is C19H11BrCl2F2N4. The number of fused-ring (bicyclic) bond motifs is 1. The highest BCUT2D eigenvalue weighted by molar-refractivity contribution is 9.10. The first-order chi connectivity index (χ1) is 13.4. The number of aromatic nitrogens is 3. The Kier molecular flexibility index (Phi) is 5.23. The van der Waals surface area contributed by atoms with E-state index in [0.717, 1.165) is 12.1 Å². The molecule has 0 amide bonds. The third-order valence-corrected chi connectivity index (χ3v) is 5.49. The van der Waals surface area contributed by atoms with E-state index in [-0.39, 0.29) is 6.54 Å². The average Bonchev–Trinajstić information content (AvgIpc) is 3.06. The fraction of sp³-hybridized carbons (Fsp3) is 0.0526. The lowest BCUT2D eigenvalue weighted by atomic mass is 10.1. The Morgan fingerprint density at radius 3 is 2.68 bits per heavy atom. The minimum Gasteiger partial charge on any atom is -0.366 e. The minimum absolute atomic E-state index is 0.260. The van der Waals surface area contributed by atoms with Crippen LogP contribution in [-0.4, -0.2) is 14.6 Å². The van der Waals surface area contributed by atoms with Crippen molar-refractivity contribution >= 4 is 50.6 Å². The van der Waals surface area contributed by atoms with Gasteiger partial charge in [0.15, 0.2) is 17.3 Å². The minimum atomic E-state index is -0.896. The van der Waals surface area contributed by atoms with Crippen LogP contribution in [0.3, 0.4) is 0 Å². The second kappa shape index (κ2) is 7.66. The molecule has 0 aliphatic heterocycles. The zero-order valence-electron chi connectivity index (χ0n) is 14.1. The summed E-state index contributed by atoms with van der Waals surface area (Å²) in [6, 6.07) is 10.8. The standard InChI is InChI=1S/C19H11BrCl2F2N4/c20-12-9-26-28-17(25-8-10-4-5-14(23)15(24)6-10)7-16(27-19(12)28)11-2-1-3-13(21)18(11)22/h1-7,9,25H,8H2. The molecular weight excluding hydrogens is 473 g/mol. The van der Waals surface area contributed by atoms with Gasteiger partial charge in [-0.15, -0.1) is 0 Å². The quantitative estimate of drug-likeness (QED) is 0.367. The molecule has 142 valence electrons. The molecule has 0 saturated carbocycles. The molecule has 0 atom stereocenters. The molecule has 0 bridgehead atoms. The van der Waals surface area contributed by atoms with Crippen LogP contribution in [0.4, 0.5) is 14.6 Å². The van der Waals surface area contributed by atoms with Gasteiger partial charge in [-0.3, -0.25) is 0 Å². The van der Waals surface area contributed by atoms with Gasteiger partial charge in [-0.1, -0.05) is 41.4 Å². The maximum atomic E-state index is 13.5. The van der Waals surface area contributed by atoms with Crippen molar-refractivity contribution in [3.8, 4) is 11.3 Å². The van der Waals surface area contributed by atoms with Crippen molar-refractivity contribution in [3.63, 3.8) is 0 Å². The molecule has 4 nitrogen and oxygen atoms in total.